The van der Waals surface area contributed by atoms with Gasteiger partial charge in [-0.1, -0.05) is 24.3 Å². The van der Waals surface area contributed by atoms with Crippen LogP contribution in [0.25, 0.3) is 11.4 Å². The van der Waals surface area contributed by atoms with Gasteiger partial charge in [-0.25, -0.2) is 0 Å². The van der Waals surface area contributed by atoms with Crippen molar-refractivity contribution in [2.75, 3.05) is 12.3 Å². The summed E-state index contributed by atoms with van der Waals surface area (Å²) in [6, 6.07) is 17.8. The van der Waals surface area contributed by atoms with Crippen molar-refractivity contribution in [3.05, 3.63) is 67.0 Å². The van der Waals surface area contributed by atoms with Crippen LogP contribution in [0, 0.1) is 0 Å². The van der Waals surface area contributed by atoms with Crippen molar-refractivity contribution < 1.29 is 4.79 Å². The molecule has 0 atom stereocenters. The first-order valence-corrected chi connectivity index (χ1v) is 9.19. The molecule has 0 aliphatic carbocycles. The molecule has 0 bridgehead atoms. The first-order chi connectivity index (χ1) is 12.3. The highest BCUT2D eigenvalue weighted by molar-refractivity contribution is 7.99. The molecular weight excluding hydrogens is 332 g/mol. The summed E-state index contributed by atoms with van der Waals surface area (Å²) in [6.07, 6.45) is 4.17. The van der Waals surface area contributed by atoms with Gasteiger partial charge in [-0.3, -0.25) is 14.5 Å². The fraction of sp³-hybridized carbons (Fsp3) is 0.211. The predicted molar refractivity (Wildman–Crippen MR) is 100 cm³/mol. The standard InChI is InChI=1S/C19H20N4OS/c24-19(10-15-25-16-6-2-1-3-7-16)21-12-14-23-13-9-18(22-23)17-8-4-5-11-20-17/h1-9,11,13H,10,12,14-15H2,(H,21,24). The van der Waals surface area contributed by atoms with Crippen molar-refractivity contribution >= 4 is 17.7 Å². The molecule has 1 amide bonds. The molecule has 2 heterocycles. The maximum Gasteiger partial charge on any atom is 0.220 e. The molecule has 0 unspecified atom stereocenters. The van der Waals surface area contributed by atoms with Crippen molar-refractivity contribution in [1.82, 2.24) is 20.1 Å². The van der Waals surface area contributed by atoms with E-state index in [9.17, 15) is 4.79 Å². The van der Waals surface area contributed by atoms with Gasteiger partial charge in [-0.15, -0.1) is 11.8 Å². The molecule has 3 rings (SSSR count). The molecule has 0 aliphatic rings. The number of rotatable bonds is 8. The number of hydrogen-bond acceptors (Lipinski definition) is 4. The van der Waals surface area contributed by atoms with Gasteiger partial charge in [0.15, 0.2) is 0 Å². The second-order valence-electron chi connectivity index (χ2n) is 5.44. The van der Waals surface area contributed by atoms with Gasteiger partial charge in [0, 0.05) is 36.0 Å². The molecule has 0 fully saturated rings. The van der Waals surface area contributed by atoms with Gasteiger partial charge in [0.05, 0.1) is 12.2 Å². The van der Waals surface area contributed by atoms with E-state index in [4.69, 9.17) is 0 Å². The van der Waals surface area contributed by atoms with E-state index < -0.39 is 0 Å². The van der Waals surface area contributed by atoms with Gasteiger partial charge in [-0.2, -0.15) is 5.10 Å². The van der Waals surface area contributed by atoms with Gasteiger partial charge in [-0.05, 0) is 30.3 Å². The van der Waals surface area contributed by atoms with Crippen LogP contribution in [0.3, 0.4) is 0 Å². The zero-order chi connectivity index (χ0) is 17.3. The summed E-state index contributed by atoms with van der Waals surface area (Å²) >= 11 is 1.69. The lowest BCUT2D eigenvalue weighted by Crippen LogP contribution is -2.27. The van der Waals surface area contributed by atoms with Crippen molar-refractivity contribution in [2.45, 2.75) is 17.9 Å². The number of hydrogen-bond donors (Lipinski definition) is 1. The average molecular weight is 352 g/mol. The second-order valence-corrected chi connectivity index (χ2v) is 6.61. The van der Waals surface area contributed by atoms with Gasteiger partial charge < -0.3 is 5.32 Å². The summed E-state index contributed by atoms with van der Waals surface area (Å²) in [5.41, 5.74) is 1.69. The molecule has 1 aromatic carbocycles. The highest BCUT2D eigenvalue weighted by atomic mass is 32.2. The fourth-order valence-electron chi connectivity index (χ4n) is 2.31. The van der Waals surface area contributed by atoms with Gasteiger partial charge in [0.2, 0.25) is 5.91 Å². The molecule has 1 N–H and O–H groups in total. The Hall–Kier alpha value is -2.60. The van der Waals surface area contributed by atoms with Crippen LogP contribution in [0.4, 0.5) is 0 Å². The number of thioether (sulfide) groups is 1. The second kappa shape index (κ2) is 9.03. The smallest absolute Gasteiger partial charge is 0.220 e. The van der Waals surface area contributed by atoms with Crippen LogP contribution in [-0.4, -0.2) is 33.0 Å². The summed E-state index contributed by atoms with van der Waals surface area (Å²) in [6.45, 7) is 1.21. The topological polar surface area (TPSA) is 59.8 Å². The van der Waals surface area contributed by atoms with E-state index in [0.29, 0.717) is 19.5 Å². The Labute approximate surface area is 151 Å². The Morgan fingerprint density at radius 1 is 1.04 bits per heavy atom. The first kappa shape index (κ1) is 17.2. The molecule has 128 valence electrons. The van der Waals surface area contributed by atoms with E-state index in [1.165, 1.54) is 4.90 Å². The predicted octanol–water partition coefficient (Wildman–Crippen LogP) is 3.24. The number of benzene rings is 1. The van der Waals surface area contributed by atoms with Crippen LogP contribution >= 0.6 is 11.8 Å². The number of amides is 1. The number of aromatic nitrogens is 3. The third-order valence-electron chi connectivity index (χ3n) is 3.57. The van der Waals surface area contributed by atoms with E-state index in [2.05, 4.69) is 27.5 Å². The largest absolute Gasteiger partial charge is 0.354 e. The highest BCUT2D eigenvalue weighted by Gasteiger charge is 2.04. The van der Waals surface area contributed by atoms with Gasteiger partial charge >= 0.3 is 0 Å². The molecule has 0 saturated heterocycles. The first-order valence-electron chi connectivity index (χ1n) is 8.21. The molecule has 5 nitrogen and oxygen atoms in total. The van der Waals surface area contributed by atoms with Crippen LogP contribution in [0.2, 0.25) is 0 Å². The van der Waals surface area contributed by atoms with E-state index in [1.807, 2.05) is 53.3 Å². The Bertz CT molecular complexity index is 789. The Kier molecular flexibility index (Phi) is 6.23. The lowest BCUT2D eigenvalue weighted by Gasteiger charge is -2.05. The molecule has 25 heavy (non-hydrogen) atoms. The minimum absolute atomic E-state index is 0.0699. The number of nitrogens with zero attached hydrogens (tertiary/aromatic N) is 3. The fourth-order valence-corrected chi connectivity index (χ4v) is 3.19. The molecule has 0 radical (unpaired) electrons. The third-order valence-corrected chi connectivity index (χ3v) is 4.59. The average Bonchev–Trinajstić information content (AvgIpc) is 3.12. The minimum atomic E-state index is 0.0699. The van der Waals surface area contributed by atoms with Gasteiger partial charge in [0.1, 0.15) is 5.69 Å². The maximum absolute atomic E-state index is 11.9. The molecule has 2 aromatic heterocycles. The zero-order valence-electron chi connectivity index (χ0n) is 13.8. The SMILES string of the molecule is O=C(CCSc1ccccc1)NCCn1ccc(-c2ccccn2)n1. The molecule has 0 aliphatic heterocycles. The van der Waals surface area contributed by atoms with Crippen molar-refractivity contribution in [2.24, 2.45) is 0 Å². The lowest BCUT2D eigenvalue weighted by atomic mass is 10.3. The van der Waals surface area contributed by atoms with Crippen molar-refractivity contribution in [1.29, 1.82) is 0 Å². The number of carbonyl (C=O) groups is 1. The Morgan fingerprint density at radius 3 is 2.68 bits per heavy atom. The van der Waals surface area contributed by atoms with Crippen LogP contribution in [0.5, 0.6) is 0 Å². The van der Waals surface area contributed by atoms with Crippen LogP contribution < -0.4 is 5.32 Å². The normalized spacial score (nSPS) is 10.6. The highest BCUT2D eigenvalue weighted by Crippen LogP contribution is 2.17. The molecular formula is C19H20N4OS. The van der Waals surface area contributed by atoms with Crippen molar-refractivity contribution in [3.8, 4) is 11.4 Å². The molecule has 0 spiro atoms. The van der Waals surface area contributed by atoms with Crippen LogP contribution in [0.1, 0.15) is 6.42 Å². The molecule has 3 aromatic rings. The quantitative estimate of drug-likeness (QED) is 0.632. The summed E-state index contributed by atoms with van der Waals surface area (Å²) in [4.78, 5) is 17.4. The summed E-state index contributed by atoms with van der Waals surface area (Å²) in [7, 11) is 0. The van der Waals surface area contributed by atoms with Crippen molar-refractivity contribution in [3.63, 3.8) is 0 Å². The minimum Gasteiger partial charge on any atom is -0.354 e. The zero-order valence-corrected chi connectivity index (χ0v) is 14.7. The molecule has 6 heteroatoms. The number of carbonyl (C=O) groups excluding carboxylic acids is 1. The van der Waals surface area contributed by atoms with Crippen LogP contribution in [-0.2, 0) is 11.3 Å². The Balaban J connectivity index is 1.36. The van der Waals surface area contributed by atoms with E-state index >= 15 is 0 Å². The van der Waals surface area contributed by atoms with Crippen LogP contribution in [0.15, 0.2) is 71.9 Å². The maximum atomic E-state index is 11.9. The summed E-state index contributed by atoms with van der Waals surface area (Å²) < 4.78 is 1.82. The van der Waals surface area contributed by atoms with E-state index in [-0.39, 0.29) is 5.91 Å². The molecule has 0 saturated carbocycles. The Morgan fingerprint density at radius 2 is 1.88 bits per heavy atom. The monoisotopic (exact) mass is 352 g/mol. The van der Waals surface area contributed by atoms with E-state index in [0.717, 1.165) is 17.1 Å². The summed E-state index contributed by atoms with van der Waals surface area (Å²) in [5.74, 6) is 0.849. The lowest BCUT2D eigenvalue weighted by molar-refractivity contribution is -0.120. The number of nitrogens with one attached hydrogen (secondary N) is 1. The van der Waals surface area contributed by atoms with E-state index in [1.54, 1.807) is 18.0 Å². The third kappa shape index (κ3) is 5.46. The number of pyridine rings is 1. The summed E-state index contributed by atoms with van der Waals surface area (Å²) in [5, 5.41) is 7.42. The van der Waals surface area contributed by atoms with Gasteiger partial charge in [0.25, 0.3) is 0 Å².